The van der Waals surface area contributed by atoms with Crippen molar-refractivity contribution in [2.45, 2.75) is 33.7 Å². The maximum Gasteiger partial charge on any atom is 0.262 e. The smallest absolute Gasteiger partial charge is 0.262 e. The molecule has 0 atom stereocenters. The summed E-state index contributed by atoms with van der Waals surface area (Å²) in [5.74, 6) is -0.219. The average molecular weight is 371 g/mol. The van der Waals surface area contributed by atoms with Crippen LogP contribution in [0.3, 0.4) is 0 Å². The lowest BCUT2D eigenvalue weighted by Gasteiger charge is -2.15. The first kappa shape index (κ1) is 20.2. The molecule has 0 saturated carbocycles. The topological polar surface area (TPSA) is 103 Å². The predicted molar refractivity (Wildman–Crippen MR) is 104 cm³/mol. The Morgan fingerprint density at radius 2 is 1.85 bits per heavy atom. The molecule has 1 heterocycles. The van der Waals surface area contributed by atoms with Crippen LogP contribution in [-0.4, -0.2) is 23.0 Å². The summed E-state index contributed by atoms with van der Waals surface area (Å²) in [6.07, 6.45) is 2.72. The van der Waals surface area contributed by atoms with Crippen LogP contribution >= 0.6 is 0 Å². The third-order valence-corrected chi connectivity index (χ3v) is 4.14. The van der Waals surface area contributed by atoms with Gasteiger partial charge in [-0.2, -0.15) is 0 Å². The Bertz CT molecular complexity index is 870. The first-order valence-electron chi connectivity index (χ1n) is 8.80. The lowest BCUT2D eigenvalue weighted by Crippen LogP contribution is -2.24. The number of rotatable bonds is 8. The summed E-state index contributed by atoms with van der Waals surface area (Å²) in [5, 5.41) is 2.65. The van der Waals surface area contributed by atoms with Crippen molar-refractivity contribution in [3.8, 4) is 5.75 Å². The van der Waals surface area contributed by atoms with E-state index < -0.39 is 11.8 Å². The zero-order chi connectivity index (χ0) is 20.0. The van der Waals surface area contributed by atoms with Gasteiger partial charge in [-0.25, -0.2) is 0 Å². The Morgan fingerprint density at radius 1 is 1.19 bits per heavy atom. The Balaban J connectivity index is 2.00. The van der Waals surface area contributed by atoms with Crippen molar-refractivity contribution in [1.82, 2.24) is 4.57 Å². The SMILES string of the molecule is Cc1c(OCC(=O)Nc2ccc(C(N)=O)cc2)c(=O)ccn1CCC(C)C. The molecule has 1 aromatic carbocycles. The quantitative estimate of drug-likeness (QED) is 0.743. The number of primary amides is 1. The fraction of sp³-hybridized carbons (Fsp3) is 0.350. The molecule has 2 rings (SSSR count). The minimum atomic E-state index is -0.537. The van der Waals surface area contributed by atoms with Crippen LogP contribution in [0.5, 0.6) is 5.75 Å². The summed E-state index contributed by atoms with van der Waals surface area (Å²) in [6, 6.07) is 7.64. The van der Waals surface area contributed by atoms with Gasteiger partial charge in [0, 0.05) is 30.1 Å². The lowest BCUT2D eigenvalue weighted by molar-refractivity contribution is -0.118. The molecule has 27 heavy (non-hydrogen) atoms. The second kappa shape index (κ2) is 9.02. The molecule has 7 heteroatoms. The lowest BCUT2D eigenvalue weighted by atomic mass is 10.1. The van der Waals surface area contributed by atoms with Crippen LogP contribution in [0.15, 0.2) is 41.3 Å². The molecule has 0 fully saturated rings. The van der Waals surface area contributed by atoms with Gasteiger partial charge in [0.05, 0.1) is 5.69 Å². The number of pyridine rings is 1. The van der Waals surface area contributed by atoms with Gasteiger partial charge in [0.15, 0.2) is 12.4 Å². The standard InChI is InChI=1S/C20H25N3O4/c1-13(2)8-10-23-11-9-17(24)19(14(23)3)27-12-18(25)22-16-6-4-15(5-7-16)20(21)26/h4-7,9,11,13H,8,10,12H2,1-3H3,(H2,21,26)(H,22,25). The molecule has 2 aromatic rings. The van der Waals surface area contributed by atoms with E-state index in [4.69, 9.17) is 10.5 Å². The molecule has 3 N–H and O–H groups in total. The van der Waals surface area contributed by atoms with E-state index in [1.54, 1.807) is 25.3 Å². The number of carbonyl (C=O) groups excluding carboxylic acids is 2. The van der Waals surface area contributed by atoms with E-state index in [0.29, 0.717) is 22.9 Å². The van der Waals surface area contributed by atoms with E-state index in [1.807, 2.05) is 4.57 Å². The molecule has 144 valence electrons. The van der Waals surface area contributed by atoms with E-state index in [0.717, 1.165) is 13.0 Å². The van der Waals surface area contributed by atoms with Crippen molar-refractivity contribution >= 4 is 17.5 Å². The number of nitrogens with one attached hydrogen (secondary N) is 1. The third-order valence-electron chi connectivity index (χ3n) is 4.14. The average Bonchev–Trinajstić information content (AvgIpc) is 2.61. The number of nitrogens with zero attached hydrogens (tertiary/aromatic N) is 1. The number of aryl methyl sites for hydroxylation is 1. The number of hydrogen-bond donors (Lipinski definition) is 2. The largest absolute Gasteiger partial charge is 0.478 e. The van der Waals surface area contributed by atoms with Crippen molar-refractivity contribution in [3.63, 3.8) is 0 Å². The summed E-state index contributed by atoms with van der Waals surface area (Å²) in [6.45, 7) is 6.56. The number of anilines is 1. The summed E-state index contributed by atoms with van der Waals surface area (Å²) in [5.41, 5.74) is 6.48. The summed E-state index contributed by atoms with van der Waals surface area (Å²) < 4.78 is 7.45. The fourth-order valence-corrected chi connectivity index (χ4v) is 2.52. The van der Waals surface area contributed by atoms with Crippen LogP contribution < -0.4 is 21.2 Å². The predicted octanol–water partition coefficient (Wildman–Crippen LogP) is 2.32. The van der Waals surface area contributed by atoms with Gasteiger partial charge < -0.3 is 20.4 Å². The number of benzene rings is 1. The minimum absolute atomic E-state index is 0.181. The van der Waals surface area contributed by atoms with Gasteiger partial charge in [-0.1, -0.05) is 13.8 Å². The molecule has 0 saturated heterocycles. The Morgan fingerprint density at radius 3 is 2.44 bits per heavy atom. The highest BCUT2D eigenvalue weighted by molar-refractivity contribution is 5.95. The van der Waals surface area contributed by atoms with E-state index in [-0.39, 0.29) is 17.8 Å². The molecule has 2 amide bonds. The molecular weight excluding hydrogens is 346 g/mol. The van der Waals surface area contributed by atoms with Crippen molar-refractivity contribution in [1.29, 1.82) is 0 Å². The van der Waals surface area contributed by atoms with Crippen molar-refractivity contribution in [2.75, 3.05) is 11.9 Å². The van der Waals surface area contributed by atoms with Gasteiger partial charge in [-0.05, 0) is 43.5 Å². The zero-order valence-electron chi connectivity index (χ0n) is 15.8. The van der Waals surface area contributed by atoms with Crippen molar-refractivity contribution in [2.24, 2.45) is 11.7 Å². The monoisotopic (exact) mass is 371 g/mol. The molecule has 1 aromatic heterocycles. The second-order valence-electron chi connectivity index (χ2n) is 6.75. The maximum absolute atomic E-state index is 12.1. The number of aromatic nitrogens is 1. The second-order valence-corrected chi connectivity index (χ2v) is 6.75. The van der Waals surface area contributed by atoms with Gasteiger partial charge in [0.2, 0.25) is 11.3 Å². The zero-order valence-corrected chi connectivity index (χ0v) is 15.8. The maximum atomic E-state index is 12.1. The first-order chi connectivity index (χ1) is 12.8. The summed E-state index contributed by atoms with van der Waals surface area (Å²) >= 11 is 0. The van der Waals surface area contributed by atoms with Crippen LogP contribution in [0.25, 0.3) is 0 Å². The van der Waals surface area contributed by atoms with Crippen molar-refractivity contribution in [3.05, 3.63) is 58.0 Å². The van der Waals surface area contributed by atoms with Crippen LogP contribution in [0, 0.1) is 12.8 Å². The molecule has 0 unspecified atom stereocenters. The van der Waals surface area contributed by atoms with Crippen LogP contribution in [0.1, 0.15) is 36.3 Å². The molecule has 0 bridgehead atoms. The number of carbonyl (C=O) groups is 2. The number of amides is 2. The van der Waals surface area contributed by atoms with Gasteiger partial charge in [-0.15, -0.1) is 0 Å². The van der Waals surface area contributed by atoms with Gasteiger partial charge in [0.1, 0.15) is 0 Å². The highest BCUT2D eigenvalue weighted by Gasteiger charge is 2.12. The molecule has 0 aliphatic rings. The van der Waals surface area contributed by atoms with Gasteiger partial charge in [0.25, 0.3) is 5.91 Å². The highest BCUT2D eigenvalue weighted by Crippen LogP contribution is 2.14. The number of hydrogen-bond acceptors (Lipinski definition) is 4. The van der Waals surface area contributed by atoms with E-state index in [1.165, 1.54) is 18.2 Å². The minimum Gasteiger partial charge on any atom is -0.478 e. The molecule has 0 aliphatic carbocycles. The van der Waals surface area contributed by atoms with Crippen LogP contribution in [0.4, 0.5) is 5.69 Å². The summed E-state index contributed by atoms with van der Waals surface area (Å²) in [7, 11) is 0. The first-order valence-corrected chi connectivity index (χ1v) is 8.80. The van der Waals surface area contributed by atoms with Gasteiger partial charge in [-0.3, -0.25) is 14.4 Å². The molecule has 0 radical (unpaired) electrons. The normalized spacial score (nSPS) is 10.7. The molecular formula is C20H25N3O4. The number of ether oxygens (including phenoxy) is 1. The van der Waals surface area contributed by atoms with E-state index in [9.17, 15) is 14.4 Å². The highest BCUT2D eigenvalue weighted by atomic mass is 16.5. The van der Waals surface area contributed by atoms with Crippen LogP contribution in [-0.2, 0) is 11.3 Å². The third kappa shape index (κ3) is 5.70. The van der Waals surface area contributed by atoms with Crippen LogP contribution in [0.2, 0.25) is 0 Å². The summed E-state index contributed by atoms with van der Waals surface area (Å²) in [4.78, 5) is 35.2. The molecule has 7 nitrogen and oxygen atoms in total. The van der Waals surface area contributed by atoms with Crippen molar-refractivity contribution < 1.29 is 14.3 Å². The molecule has 0 aliphatic heterocycles. The molecule has 0 spiro atoms. The Hall–Kier alpha value is -3.09. The van der Waals surface area contributed by atoms with Gasteiger partial charge >= 0.3 is 0 Å². The van der Waals surface area contributed by atoms with E-state index in [2.05, 4.69) is 19.2 Å². The Labute approximate surface area is 158 Å². The fourth-order valence-electron chi connectivity index (χ4n) is 2.52. The Kier molecular flexibility index (Phi) is 6.76. The number of nitrogens with two attached hydrogens (primary N) is 1. The van der Waals surface area contributed by atoms with E-state index >= 15 is 0 Å².